The molecule has 1 amide bonds. The zero-order chi connectivity index (χ0) is 21.1. The van der Waals surface area contributed by atoms with Crippen molar-refractivity contribution in [2.24, 2.45) is 0 Å². The van der Waals surface area contributed by atoms with E-state index in [1.807, 2.05) is 4.90 Å². The molecule has 30 heavy (non-hydrogen) atoms. The number of amides is 1. The smallest absolute Gasteiger partial charge is 0.227 e. The van der Waals surface area contributed by atoms with Crippen molar-refractivity contribution in [1.82, 2.24) is 19.7 Å². The molecule has 0 radical (unpaired) electrons. The lowest BCUT2D eigenvalue weighted by Gasteiger charge is -2.32. The van der Waals surface area contributed by atoms with Crippen LogP contribution in [0, 0.1) is 0 Å². The third-order valence-corrected chi connectivity index (χ3v) is 6.31. The van der Waals surface area contributed by atoms with Crippen molar-refractivity contribution in [3.8, 4) is 5.75 Å². The lowest BCUT2D eigenvalue weighted by atomic mass is 9.96. The normalized spacial score (nSPS) is 19.1. The van der Waals surface area contributed by atoms with Gasteiger partial charge < -0.3 is 14.2 Å². The number of rotatable bonds is 5. The van der Waals surface area contributed by atoms with E-state index in [1.165, 1.54) is 26.2 Å². The van der Waals surface area contributed by atoms with E-state index in [9.17, 15) is 9.59 Å². The second-order valence-corrected chi connectivity index (χ2v) is 8.38. The summed E-state index contributed by atoms with van der Waals surface area (Å²) >= 11 is 0. The van der Waals surface area contributed by atoms with Crippen LogP contribution in [-0.2, 0) is 24.2 Å². The van der Waals surface area contributed by atoms with Crippen molar-refractivity contribution in [3.05, 3.63) is 41.0 Å². The van der Waals surface area contributed by atoms with E-state index < -0.39 is 0 Å². The highest BCUT2D eigenvalue weighted by molar-refractivity contribution is 5.94. The minimum absolute atomic E-state index is 0.0168. The van der Waals surface area contributed by atoms with E-state index in [2.05, 4.69) is 14.8 Å². The minimum Gasteiger partial charge on any atom is -0.496 e. The highest BCUT2D eigenvalue weighted by Crippen LogP contribution is 2.29. The molecule has 0 saturated carbocycles. The number of methoxy groups -OCH3 is 1. The number of benzene rings is 1. The molecule has 1 atom stereocenters. The van der Waals surface area contributed by atoms with Crippen LogP contribution in [-0.4, -0.2) is 51.6 Å². The Balaban J connectivity index is 1.49. The first-order valence-electron chi connectivity index (χ1n) is 10.9. The van der Waals surface area contributed by atoms with Crippen molar-refractivity contribution >= 4 is 11.7 Å². The molecule has 1 saturated heterocycles. The topological polar surface area (TPSA) is 77.3 Å². The van der Waals surface area contributed by atoms with Gasteiger partial charge in [0, 0.05) is 43.1 Å². The number of carbonyl (C=O) groups excluding carboxylic acids is 2. The summed E-state index contributed by atoms with van der Waals surface area (Å²) in [6, 6.07) is 5.28. The predicted molar refractivity (Wildman–Crippen MR) is 113 cm³/mol. The first-order valence-corrected chi connectivity index (χ1v) is 10.9. The maximum absolute atomic E-state index is 13.1. The van der Waals surface area contributed by atoms with Crippen LogP contribution in [0.4, 0.5) is 0 Å². The summed E-state index contributed by atoms with van der Waals surface area (Å²) in [7, 11) is 1.59. The van der Waals surface area contributed by atoms with Crippen molar-refractivity contribution < 1.29 is 14.3 Å². The summed E-state index contributed by atoms with van der Waals surface area (Å²) in [4.78, 5) is 26.8. The van der Waals surface area contributed by atoms with Gasteiger partial charge in [-0.1, -0.05) is 6.42 Å². The van der Waals surface area contributed by atoms with Gasteiger partial charge in [0.2, 0.25) is 5.91 Å². The van der Waals surface area contributed by atoms with Crippen LogP contribution in [0.1, 0.15) is 72.5 Å². The van der Waals surface area contributed by atoms with Gasteiger partial charge in [0.05, 0.1) is 13.5 Å². The van der Waals surface area contributed by atoms with Crippen molar-refractivity contribution in [2.45, 2.75) is 64.3 Å². The summed E-state index contributed by atoms with van der Waals surface area (Å²) in [5, 5.41) is 8.96. The van der Waals surface area contributed by atoms with E-state index in [-0.39, 0.29) is 24.0 Å². The summed E-state index contributed by atoms with van der Waals surface area (Å²) in [5.74, 6) is 3.06. The zero-order valence-electron chi connectivity index (χ0n) is 17.9. The standard InChI is InChI=1S/C23H30N4O3/c1-16(28)17-9-10-20(30-2)19(13-17)14-22(29)26-11-6-7-18(15-26)23-25-24-21-8-4-3-5-12-27(21)23/h9-10,13,18H,3-8,11-12,14-15H2,1-2H3. The molecule has 0 aliphatic carbocycles. The molecule has 1 fully saturated rings. The summed E-state index contributed by atoms with van der Waals surface area (Å²) < 4.78 is 7.72. The molecule has 160 valence electrons. The largest absolute Gasteiger partial charge is 0.496 e. The molecular formula is C23H30N4O3. The quantitative estimate of drug-likeness (QED) is 0.708. The van der Waals surface area contributed by atoms with Crippen molar-refractivity contribution in [1.29, 1.82) is 0 Å². The summed E-state index contributed by atoms with van der Waals surface area (Å²) in [6.07, 6.45) is 6.80. The molecule has 3 heterocycles. The average molecular weight is 411 g/mol. The van der Waals surface area contributed by atoms with Crippen LogP contribution < -0.4 is 4.74 Å². The molecule has 0 N–H and O–H groups in total. The molecule has 0 spiro atoms. The molecule has 2 aliphatic heterocycles. The molecule has 2 aromatic rings. The van der Waals surface area contributed by atoms with Crippen molar-refractivity contribution in [3.63, 3.8) is 0 Å². The van der Waals surface area contributed by atoms with Crippen LogP contribution in [0.2, 0.25) is 0 Å². The van der Waals surface area contributed by atoms with Gasteiger partial charge in [-0.15, -0.1) is 10.2 Å². The number of piperidine rings is 1. The minimum atomic E-state index is -0.0168. The van der Waals surface area contributed by atoms with E-state index in [0.717, 1.165) is 49.6 Å². The molecule has 1 aromatic heterocycles. The number of carbonyl (C=O) groups is 2. The SMILES string of the molecule is COc1ccc(C(C)=O)cc1CC(=O)N1CCCC(c2nnc3n2CCCCC3)C1. The van der Waals surface area contributed by atoms with E-state index in [4.69, 9.17) is 4.74 Å². The highest BCUT2D eigenvalue weighted by Gasteiger charge is 2.29. The number of ketones is 1. The Labute approximate surface area is 177 Å². The van der Waals surface area contributed by atoms with Gasteiger partial charge in [-0.05, 0) is 50.8 Å². The number of ether oxygens (including phenoxy) is 1. The second kappa shape index (κ2) is 8.98. The Kier molecular flexibility index (Phi) is 6.16. The van der Waals surface area contributed by atoms with Crippen LogP contribution >= 0.6 is 0 Å². The molecular weight excluding hydrogens is 380 g/mol. The first kappa shape index (κ1) is 20.6. The number of aryl methyl sites for hydroxylation is 1. The van der Waals surface area contributed by atoms with Crippen LogP contribution in [0.25, 0.3) is 0 Å². The maximum atomic E-state index is 13.1. The number of hydrogen-bond donors (Lipinski definition) is 0. The maximum Gasteiger partial charge on any atom is 0.227 e. The lowest BCUT2D eigenvalue weighted by molar-refractivity contribution is -0.131. The van der Waals surface area contributed by atoms with Crippen molar-refractivity contribution in [2.75, 3.05) is 20.2 Å². The number of nitrogens with zero attached hydrogens (tertiary/aromatic N) is 4. The predicted octanol–water partition coefficient (Wildman–Crippen LogP) is 3.16. The second-order valence-electron chi connectivity index (χ2n) is 8.38. The van der Waals surface area contributed by atoms with Gasteiger partial charge in [-0.3, -0.25) is 9.59 Å². The fourth-order valence-corrected chi connectivity index (χ4v) is 4.63. The van der Waals surface area contributed by atoms with Crippen LogP contribution in [0.5, 0.6) is 5.75 Å². The third-order valence-electron chi connectivity index (χ3n) is 6.31. The molecule has 2 aliphatic rings. The molecule has 7 nitrogen and oxygen atoms in total. The van der Waals surface area contributed by atoms with Crippen LogP contribution in [0.3, 0.4) is 0 Å². The Bertz CT molecular complexity index is 937. The lowest BCUT2D eigenvalue weighted by Crippen LogP contribution is -2.40. The van der Waals surface area contributed by atoms with Gasteiger partial charge in [0.15, 0.2) is 5.78 Å². The fraction of sp³-hybridized carbons (Fsp3) is 0.565. The first-order chi connectivity index (χ1) is 14.6. The number of hydrogen-bond acceptors (Lipinski definition) is 5. The van der Waals surface area contributed by atoms with Gasteiger partial charge in [-0.2, -0.15) is 0 Å². The Hall–Kier alpha value is -2.70. The monoisotopic (exact) mass is 410 g/mol. The van der Waals surface area contributed by atoms with E-state index >= 15 is 0 Å². The Morgan fingerprint density at radius 1 is 1.13 bits per heavy atom. The molecule has 1 unspecified atom stereocenters. The third kappa shape index (κ3) is 4.25. The zero-order valence-corrected chi connectivity index (χ0v) is 17.9. The molecule has 7 heteroatoms. The Morgan fingerprint density at radius 2 is 2.00 bits per heavy atom. The van der Waals surface area contributed by atoms with Gasteiger partial charge in [0.25, 0.3) is 0 Å². The van der Waals surface area contributed by atoms with Crippen LogP contribution in [0.15, 0.2) is 18.2 Å². The number of aromatic nitrogens is 3. The van der Waals surface area contributed by atoms with Gasteiger partial charge in [-0.25, -0.2) is 0 Å². The number of Topliss-reactive ketones (excluding diaryl/α,β-unsaturated/α-hetero) is 1. The van der Waals surface area contributed by atoms with E-state index in [1.54, 1.807) is 25.3 Å². The van der Waals surface area contributed by atoms with Gasteiger partial charge >= 0.3 is 0 Å². The fourth-order valence-electron chi connectivity index (χ4n) is 4.63. The molecule has 0 bridgehead atoms. The number of fused-ring (bicyclic) bond motifs is 1. The van der Waals surface area contributed by atoms with E-state index in [0.29, 0.717) is 17.9 Å². The Morgan fingerprint density at radius 3 is 2.80 bits per heavy atom. The van der Waals surface area contributed by atoms with Gasteiger partial charge in [0.1, 0.15) is 17.4 Å². The average Bonchev–Trinajstić information content (AvgIpc) is 3.02. The summed E-state index contributed by atoms with van der Waals surface area (Å²) in [6.45, 7) is 3.94. The molecule has 1 aromatic carbocycles. The summed E-state index contributed by atoms with van der Waals surface area (Å²) in [5.41, 5.74) is 1.36. The highest BCUT2D eigenvalue weighted by atomic mass is 16.5. The molecule has 4 rings (SSSR count). The number of likely N-dealkylation sites (tertiary alicyclic amines) is 1.